The van der Waals surface area contributed by atoms with Crippen LogP contribution in [0.25, 0.3) is 22.3 Å². The highest BCUT2D eigenvalue weighted by Gasteiger charge is 2.48. The summed E-state index contributed by atoms with van der Waals surface area (Å²) in [5.41, 5.74) is 28.3. The zero-order valence-electron chi connectivity index (χ0n) is 39.8. The molecule has 9 aromatic carbocycles. The lowest BCUT2D eigenvalue weighted by molar-refractivity contribution is 0.403. The third-order valence-corrected chi connectivity index (χ3v) is 15.6. The van der Waals surface area contributed by atoms with E-state index in [4.69, 9.17) is 0 Å². The van der Waals surface area contributed by atoms with Gasteiger partial charge in [0.2, 0.25) is 0 Å². The predicted octanol–water partition coefficient (Wildman–Crippen LogP) is 15.1. The Hall–Kier alpha value is -7.56. The van der Waals surface area contributed by atoms with Crippen molar-refractivity contribution in [1.29, 1.82) is 0 Å². The molecule has 2 heterocycles. The van der Waals surface area contributed by atoms with Crippen LogP contribution in [0.15, 0.2) is 194 Å². The predicted molar refractivity (Wildman–Crippen MR) is 289 cm³/mol. The van der Waals surface area contributed by atoms with Gasteiger partial charge >= 0.3 is 0 Å². The van der Waals surface area contributed by atoms with Gasteiger partial charge in [-0.25, -0.2) is 0 Å². The smallest absolute Gasteiger partial charge is 0.252 e. The quantitative estimate of drug-likeness (QED) is 0.154. The topological polar surface area (TPSA) is 9.72 Å². The van der Waals surface area contributed by atoms with Gasteiger partial charge in [-0.15, -0.1) is 0 Å². The lowest BCUT2D eigenvalue weighted by Crippen LogP contribution is -2.61. The summed E-state index contributed by atoms with van der Waals surface area (Å²) in [5, 5.41) is 0. The first-order valence-corrected chi connectivity index (χ1v) is 24.4. The van der Waals surface area contributed by atoms with Gasteiger partial charge in [-0.2, -0.15) is 0 Å². The maximum Gasteiger partial charge on any atom is 0.252 e. The Labute approximate surface area is 402 Å². The van der Waals surface area contributed by atoms with Gasteiger partial charge < -0.3 is 14.7 Å². The molecule has 9 aromatic rings. The van der Waals surface area contributed by atoms with E-state index in [1.54, 1.807) is 0 Å². The first-order valence-electron chi connectivity index (χ1n) is 24.4. The highest BCUT2D eigenvalue weighted by molar-refractivity contribution is 7.00. The molecule has 328 valence electrons. The second-order valence-corrected chi connectivity index (χ2v) is 21.0. The van der Waals surface area contributed by atoms with Crippen LogP contribution in [-0.2, 0) is 17.3 Å². The number of fused-ring (bicyclic) bond motifs is 8. The molecule has 0 spiro atoms. The van der Waals surface area contributed by atoms with E-state index in [0.29, 0.717) is 0 Å². The number of aryl methyl sites for hydroxylation is 2. The largest absolute Gasteiger partial charge is 0.311 e. The van der Waals surface area contributed by atoms with E-state index in [0.717, 1.165) is 29.9 Å². The number of rotatable bonds is 6. The van der Waals surface area contributed by atoms with Crippen LogP contribution in [0.5, 0.6) is 0 Å². The van der Waals surface area contributed by atoms with Crippen molar-refractivity contribution in [2.75, 3.05) is 14.7 Å². The molecule has 4 heteroatoms. The van der Waals surface area contributed by atoms with Crippen LogP contribution in [0.4, 0.5) is 51.2 Å². The van der Waals surface area contributed by atoms with E-state index in [1.807, 2.05) is 0 Å². The van der Waals surface area contributed by atoms with Crippen LogP contribution >= 0.6 is 0 Å². The fourth-order valence-electron chi connectivity index (χ4n) is 12.9. The molecular formula is C64H54BN3. The number of benzene rings is 9. The maximum absolute atomic E-state index is 2.68. The summed E-state index contributed by atoms with van der Waals surface area (Å²) in [6.45, 7) is 14.4. The van der Waals surface area contributed by atoms with Gasteiger partial charge in [-0.1, -0.05) is 143 Å². The van der Waals surface area contributed by atoms with E-state index in [2.05, 4.69) is 250 Å². The van der Waals surface area contributed by atoms with Crippen LogP contribution < -0.4 is 31.1 Å². The highest BCUT2D eigenvalue weighted by atomic mass is 15.2. The number of anilines is 9. The molecule has 0 saturated carbocycles. The zero-order valence-corrected chi connectivity index (χ0v) is 39.8. The summed E-state index contributed by atoms with van der Waals surface area (Å²) in [6.07, 6.45) is 2.01. The molecule has 0 aromatic heterocycles. The average Bonchev–Trinajstić information content (AvgIpc) is 3.82. The van der Waals surface area contributed by atoms with E-state index < -0.39 is 0 Å². The van der Waals surface area contributed by atoms with Crippen molar-refractivity contribution >= 4 is 74.3 Å². The lowest BCUT2D eigenvalue weighted by Gasteiger charge is -2.45. The second-order valence-electron chi connectivity index (χ2n) is 21.0. The van der Waals surface area contributed by atoms with E-state index >= 15 is 0 Å². The molecule has 0 N–H and O–H groups in total. The van der Waals surface area contributed by atoms with Crippen molar-refractivity contribution in [3.8, 4) is 22.3 Å². The van der Waals surface area contributed by atoms with Gasteiger partial charge in [0, 0.05) is 51.9 Å². The first kappa shape index (κ1) is 40.7. The Morgan fingerprint density at radius 1 is 0.441 bits per heavy atom. The lowest BCUT2D eigenvalue weighted by atomic mass is 9.33. The number of hydrogen-bond acceptors (Lipinski definition) is 3. The van der Waals surface area contributed by atoms with Gasteiger partial charge in [0.25, 0.3) is 6.71 Å². The van der Waals surface area contributed by atoms with Gasteiger partial charge in [0.15, 0.2) is 0 Å². The monoisotopic (exact) mass is 875 g/mol. The van der Waals surface area contributed by atoms with Crippen LogP contribution in [0.3, 0.4) is 0 Å². The number of para-hydroxylation sites is 2. The van der Waals surface area contributed by atoms with Gasteiger partial charge in [-0.3, -0.25) is 0 Å². The Morgan fingerprint density at radius 3 is 1.72 bits per heavy atom. The maximum atomic E-state index is 2.68. The summed E-state index contributed by atoms with van der Waals surface area (Å²) in [5.74, 6) is 0. The van der Waals surface area contributed by atoms with Crippen molar-refractivity contribution in [3.63, 3.8) is 0 Å². The number of hydrogen-bond donors (Lipinski definition) is 0. The summed E-state index contributed by atoms with van der Waals surface area (Å²) >= 11 is 0. The molecule has 13 rings (SSSR count). The molecule has 0 bridgehead atoms. The molecule has 0 fully saturated rings. The van der Waals surface area contributed by atoms with Crippen molar-refractivity contribution in [1.82, 2.24) is 0 Å². The molecule has 0 unspecified atom stereocenters. The highest BCUT2D eigenvalue weighted by Crippen LogP contribution is 2.54. The number of nitrogens with zero attached hydrogens (tertiary/aromatic N) is 3. The van der Waals surface area contributed by atoms with Crippen molar-refractivity contribution in [3.05, 3.63) is 228 Å². The SMILES string of the molecule is Cc1cc2c3c(c1)N(c1cccc4c1Cc1ccccc1-4)c1cc4c(cc1B3c1cc(N(c3ccccc3)c3ccccc3)ccc1N2c1ccc(-c2ccccc2)cc1C)C(C)(C)CC4(C)C. The fourth-order valence-corrected chi connectivity index (χ4v) is 12.9. The Kier molecular flexibility index (Phi) is 8.96. The second kappa shape index (κ2) is 15.0. The molecule has 0 radical (unpaired) electrons. The van der Waals surface area contributed by atoms with Crippen molar-refractivity contribution < 1.29 is 0 Å². The third kappa shape index (κ3) is 6.13. The van der Waals surface area contributed by atoms with Crippen LogP contribution in [-0.4, -0.2) is 6.71 Å². The molecule has 4 aliphatic rings. The summed E-state index contributed by atoms with van der Waals surface area (Å²) < 4.78 is 0. The van der Waals surface area contributed by atoms with Crippen molar-refractivity contribution in [2.24, 2.45) is 0 Å². The van der Waals surface area contributed by atoms with E-state index in [-0.39, 0.29) is 17.5 Å². The third-order valence-electron chi connectivity index (χ3n) is 15.6. The Balaban J connectivity index is 1.12. The van der Waals surface area contributed by atoms with Crippen molar-refractivity contribution in [2.45, 2.75) is 65.2 Å². The summed E-state index contributed by atoms with van der Waals surface area (Å²) in [6, 6.07) is 73.0. The first-order chi connectivity index (χ1) is 33.0. The van der Waals surface area contributed by atoms with E-state index in [1.165, 1.54) is 106 Å². The Morgan fingerprint density at radius 2 is 1.03 bits per heavy atom. The fraction of sp³-hybridized carbons (Fsp3) is 0.156. The molecule has 68 heavy (non-hydrogen) atoms. The molecule has 2 aliphatic heterocycles. The normalized spacial score (nSPS) is 15.2. The molecular weight excluding hydrogens is 822 g/mol. The molecule has 0 amide bonds. The van der Waals surface area contributed by atoms with Crippen LogP contribution in [0.1, 0.15) is 67.5 Å². The summed E-state index contributed by atoms with van der Waals surface area (Å²) in [7, 11) is 0. The molecule has 2 aliphatic carbocycles. The van der Waals surface area contributed by atoms with E-state index in [9.17, 15) is 0 Å². The zero-order chi connectivity index (χ0) is 46.1. The minimum absolute atomic E-state index is 0.0190. The van der Waals surface area contributed by atoms with Gasteiger partial charge in [0.1, 0.15) is 0 Å². The van der Waals surface area contributed by atoms with Gasteiger partial charge in [-0.05, 0) is 182 Å². The molecule has 3 nitrogen and oxygen atoms in total. The van der Waals surface area contributed by atoms with Gasteiger partial charge in [0.05, 0.1) is 5.69 Å². The minimum Gasteiger partial charge on any atom is -0.311 e. The average molecular weight is 876 g/mol. The van der Waals surface area contributed by atoms with Crippen LogP contribution in [0.2, 0.25) is 0 Å². The standard InChI is InChI=1S/C64H54BN3/c1-41-33-60-62-61(34-41)68(57-28-18-27-50-49-26-17-16-21-45(49)36-51(50)57)59-39-53-52(63(3,4)40-64(53,5)6)38-55(59)65(62)54-37-48(66(46-22-12-8-13-23-46)47-24-14-9-15-25-47)30-32-58(54)67(60)56-31-29-44(35-42(56)2)43-19-10-7-11-20-43/h7-35,37-39H,36,40H2,1-6H3. The molecule has 0 saturated heterocycles. The summed E-state index contributed by atoms with van der Waals surface area (Å²) in [4.78, 5) is 7.70. The molecule has 0 atom stereocenters. The van der Waals surface area contributed by atoms with Crippen LogP contribution in [0, 0.1) is 13.8 Å². The Bertz CT molecular complexity index is 3460. The minimum atomic E-state index is -0.0332.